The van der Waals surface area contributed by atoms with Gasteiger partial charge >= 0.3 is 6.09 Å². The van der Waals surface area contributed by atoms with Gasteiger partial charge in [-0.25, -0.2) is 4.79 Å². The van der Waals surface area contributed by atoms with Crippen LogP contribution in [0.3, 0.4) is 0 Å². The van der Waals surface area contributed by atoms with Crippen LogP contribution in [0.4, 0.5) is 4.79 Å². The Hall–Kier alpha value is -2.57. The van der Waals surface area contributed by atoms with Gasteiger partial charge in [-0.2, -0.15) is 0 Å². The molecule has 1 fully saturated rings. The van der Waals surface area contributed by atoms with Crippen molar-refractivity contribution in [2.24, 2.45) is 0 Å². The highest BCUT2D eigenvalue weighted by atomic mass is 16.6. The number of hydrogen-bond acceptors (Lipinski definition) is 4. The molecule has 1 aliphatic carbocycles. The maximum absolute atomic E-state index is 13.4. The number of rotatable bonds is 10. The number of nitrogens with zero attached hydrogens (tertiary/aromatic N) is 1. The minimum absolute atomic E-state index is 0.00832. The Morgan fingerprint density at radius 1 is 1.12 bits per heavy atom. The van der Waals surface area contributed by atoms with E-state index >= 15 is 0 Å². The topological polar surface area (TPSA) is 87.7 Å². The number of aryl methyl sites for hydroxylation is 1. The standard InChI is InChI=1S/C25H39N3O4/c1-7-9-17(3)27-23(30)22(19-12-10-18(8-2)11-13-19)28(20-14-15-20)21(29)16-26-24(31)32-25(4,5)6/h10-13,17,20,22H,7-9,14-16H2,1-6H3,(H,26,31)(H,27,30). The third-order valence-corrected chi connectivity index (χ3v) is 5.35. The number of nitrogens with one attached hydrogen (secondary N) is 2. The molecule has 1 aliphatic rings. The molecule has 0 bridgehead atoms. The predicted octanol–water partition coefficient (Wildman–Crippen LogP) is 4.11. The number of benzene rings is 1. The summed E-state index contributed by atoms with van der Waals surface area (Å²) in [7, 11) is 0. The predicted molar refractivity (Wildman–Crippen MR) is 125 cm³/mol. The van der Waals surface area contributed by atoms with Crippen molar-refractivity contribution in [2.45, 2.75) is 97.4 Å². The number of ether oxygens (including phenoxy) is 1. The van der Waals surface area contributed by atoms with Crippen molar-refractivity contribution in [3.8, 4) is 0 Å². The van der Waals surface area contributed by atoms with Crippen LogP contribution < -0.4 is 10.6 Å². The fourth-order valence-corrected chi connectivity index (χ4v) is 3.67. The number of alkyl carbamates (subject to hydrolysis) is 1. The molecule has 0 spiro atoms. The zero-order chi connectivity index (χ0) is 23.9. The van der Waals surface area contributed by atoms with E-state index in [1.807, 2.05) is 31.2 Å². The van der Waals surface area contributed by atoms with Gasteiger partial charge in [0.25, 0.3) is 0 Å². The fraction of sp³-hybridized carbons (Fsp3) is 0.640. The van der Waals surface area contributed by atoms with Crippen molar-refractivity contribution in [3.63, 3.8) is 0 Å². The first kappa shape index (κ1) is 25.7. The van der Waals surface area contributed by atoms with Crippen LogP contribution in [0.25, 0.3) is 0 Å². The molecule has 2 rings (SSSR count). The molecule has 178 valence electrons. The lowest BCUT2D eigenvalue weighted by atomic mass is 10.0. The van der Waals surface area contributed by atoms with Gasteiger partial charge in [0.2, 0.25) is 11.8 Å². The van der Waals surface area contributed by atoms with Crippen LogP contribution in [0.5, 0.6) is 0 Å². The third-order valence-electron chi connectivity index (χ3n) is 5.35. The van der Waals surface area contributed by atoms with E-state index in [1.54, 1.807) is 25.7 Å². The Balaban J connectivity index is 2.25. The molecule has 0 saturated heterocycles. The van der Waals surface area contributed by atoms with Crippen LogP contribution in [-0.4, -0.2) is 47.0 Å². The summed E-state index contributed by atoms with van der Waals surface area (Å²) in [6.07, 6.45) is 3.77. The highest BCUT2D eigenvalue weighted by molar-refractivity contribution is 5.91. The highest BCUT2D eigenvalue weighted by Crippen LogP contribution is 2.35. The molecule has 1 saturated carbocycles. The minimum atomic E-state index is -0.736. The molecule has 3 amide bonds. The summed E-state index contributed by atoms with van der Waals surface area (Å²) in [4.78, 5) is 40.3. The number of amides is 3. The summed E-state index contributed by atoms with van der Waals surface area (Å²) in [6, 6.07) is 7.13. The Morgan fingerprint density at radius 3 is 2.25 bits per heavy atom. The van der Waals surface area contributed by atoms with E-state index in [9.17, 15) is 14.4 Å². The van der Waals surface area contributed by atoms with Gasteiger partial charge < -0.3 is 20.3 Å². The first-order chi connectivity index (χ1) is 15.1. The second-order valence-corrected chi connectivity index (χ2v) is 9.58. The Labute approximate surface area is 192 Å². The van der Waals surface area contributed by atoms with Crippen molar-refractivity contribution >= 4 is 17.9 Å². The van der Waals surface area contributed by atoms with Crippen LogP contribution in [0.1, 0.15) is 84.4 Å². The van der Waals surface area contributed by atoms with Gasteiger partial charge in [-0.15, -0.1) is 0 Å². The average Bonchev–Trinajstić information content (AvgIpc) is 3.54. The first-order valence-corrected chi connectivity index (χ1v) is 11.7. The van der Waals surface area contributed by atoms with E-state index < -0.39 is 17.7 Å². The fourth-order valence-electron chi connectivity index (χ4n) is 3.67. The molecular weight excluding hydrogens is 406 g/mol. The molecule has 1 aromatic carbocycles. The van der Waals surface area contributed by atoms with E-state index in [1.165, 1.54) is 5.56 Å². The smallest absolute Gasteiger partial charge is 0.408 e. The van der Waals surface area contributed by atoms with Gasteiger partial charge in [-0.3, -0.25) is 9.59 Å². The molecule has 0 aliphatic heterocycles. The zero-order valence-electron chi connectivity index (χ0n) is 20.4. The quantitative estimate of drug-likeness (QED) is 0.567. The summed E-state index contributed by atoms with van der Waals surface area (Å²) in [5.74, 6) is -0.478. The number of hydrogen-bond donors (Lipinski definition) is 2. The molecule has 0 heterocycles. The second-order valence-electron chi connectivity index (χ2n) is 9.58. The number of carbonyl (C=O) groups is 3. The molecule has 7 heteroatoms. The maximum atomic E-state index is 13.4. The Morgan fingerprint density at radius 2 is 1.75 bits per heavy atom. The van der Waals surface area contributed by atoms with Gasteiger partial charge in [0.05, 0.1) is 0 Å². The third kappa shape index (κ3) is 7.84. The molecule has 7 nitrogen and oxygen atoms in total. The van der Waals surface area contributed by atoms with E-state index in [2.05, 4.69) is 24.5 Å². The van der Waals surface area contributed by atoms with Crippen LogP contribution in [-0.2, 0) is 20.7 Å². The maximum Gasteiger partial charge on any atom is 0.408 e. The van der Waals surface area contributed by atoms with Crippen molar-refractivity contribution in [1.82, 2.24) is 15.5 Å². The van der Waals surface area contributed by atoms with Crippen LogP contribution in [0, 0.1) is 0 Å². The molecule has 0 aromatic heterocycles. The van der Waals surface area contributed by atoms with E-state index in [4.69, 9.17) is 4.74 Å². The SMILES string of the molecule is CCCC(C)NC(=O)C(c1ccc(CC)cc1)N(C(=O)CNC(=O)OC(C)(C)C)C1CC1. The molecule has 2 atom stereocenters. The lowest BCUT2D eigenvalue weighted by molar-refractivity contribution is -0.141. The zero-order valence-corrected chi connectivity index (χ0v) is 20.4. The van der Waals surface area contributed by atoms with Gasteiger partial charge in [0.15, 0.2) is 0 Å². The molecule has 0 radical (unpaired) electrons. The van der Waals surface area contributed by atoms with Crippen molar-refractivity contribution < 1.29 is 19.1 Å². The molecule has 1 aromatic rings. The second kappa shape index (κ2) is 11.3. The van der Waals surface area contributed by atoms with Crippen LogP contribution in [0.15, 0.2) is 24.3 Å². The summed E-state index contributed by atoms with van der Waals surface area (Å²) < 4.78 is 5.24. The van der Waals surface area contributed by atoms with Gasteiger partial charge in [0.1, 0.15) is 18.2 Å². The lowest BCUT2D eigenvalue weighted by Gasteiger charge is -2.32. The highest BCUT2D eigenvalue weighted by Gasteiger charge is 2.41. The van der Waals surface area contributed by atoms with E-state index in [0.29, 0.717) is 0 Å². The van der Waals surface area contributed by atoms with Crippen molar-refractivity contribution in [2.75, 3.05) is 6.54 Å². The van der Waals surface area contributed by atoms with Gasteiger partial charge in [-0.05, 0) is 64.5 Å². The molecule has 2 N–H and O–H groups in total. The first-order valence-electron chi connectivity index (χ1n) is 11.7. The Bertz CT molecular complexity index is 781. The minimum Gasteiger partial charge on any atom is -0.444 e. The average molecular weight is 446 g/mol. The normalized spacial score (nSPS) is 15.4. The monoisotopic (exact) mass is 445 g/mol. The largest absolute Gasteiger partial charge is 0.444 e. The molecule has 32 heavy (non-hydrogen) atoms. The summed E-state index contributed by atoms with van der Waals surface area (Å²) in [6.45, 7) is 11.2. The molecular formula is C25H39N3O4. The Kier molecular flexibility index (Phi) is 9.10. The molecule has 2 unspecified atom stereocenters. The summed E-state index contributed by atoms with van der Waals surface area (Å²) >= 11 is 0. The van der Waals surface area contributed by atoms with Crippen molar-refractivity contribution in [1.29, 1.82) is 0 Å². The van der Waals surface area contributed by atoms with E-state index in [-0.39, 0.29) is 30.4 Å². The summed E-state index contributed by atoms with van der Waals surface area (Å²) in [5, 5.41) is 5.62. The summed E-state index contributed by atoms with van der Waals surface area (Å²) in [5.41, 5.74) is 1.30. The van der Waals surface area contributed by atoms with Crippen LogP contribution >= 0.6 is 0 Å². The van der Waals surface area contributed by atoms with Gasteiger partial charge in [0, 0.05) is 12.1 Å². The number of carbonyl (C=O) groups excluding carboxylic acids is 3. The van der Waals surface area contributed by atoms with Gasteiger partial charge in [-0.1, -0.05) is 44.5 Å². The van der Waals surface area contributed by atoms with Crippen LogP contribution in [0.2, 0.25) is 0 Å². The van der Waals surface area contributed by atoms with E-state index in [0.717, 1.165) is 37.7 Å². The van der Waals surface area contributed by atoms with Crippen molar-refractivity contribution in [3.05, 3.63) is 35.4 Å². The lowest BCUT2D eigenvalue weighted by Crippen LogP contribution is -2.50.